The molecule has 0 radical (unpaired) electrons. The van der Waals surface area contributed by atoms with Crippen molar-refractivity contribution in [2.75, 3.05) is 6.61 Å². The van der Waals surface area contributed by atoms with E-state index in [2.05, 4.69) is 36.0 Å². The lowest BCUT2D eigenvalue weighted by atomic mass is 9.80. The number of aromatic nitrogens is 1. The van der Waals surface area contributed by atoms with Gasteiger partial charge < -0.3 is 10.4 Å². The van der Waals surface area contributed by atoms with E-state index in [0.717, 1.165) is 12.8 Å². The standard InChI is InChI=1S/C17H22N2O2/c1-12-6-13(2)8-16(7-12)19-17(21)15-9-14(4-3-5-20)10-18-11-15/h9-13,16,20H,5-8H2,1-2H3,(H,19,21). The lowest BCUT2D eigenvalue weighted by Gasteiger charge is -2.31. The normalized spacial score (nSPS) is 24.8. The van der Waals surface area contributed by atoms with Gasteiger partial charge in [0.1, 0.15) is 6.61 Å². The molecule has 0 spiro atoms. The van der Waals surface area contributed by atoms with Gasteiger partial charge in [0.05, 0.1) is 5.56 Å². The van der Waals surface area contributed by atoms with E-state index in [-0.39, 0.29) is 18.6 Å². The summed E-state index contributed by atoms with van der Waals surface area (Å²) < 4.78 is 0. The van der Waals surface area contributed by atoms with Gasteiger partial charge in [-0.15, -0.1) is 0 Å². The number of carbonyl (C=O) groups excluding carboxylic acids is 1. The van der Waals surface area contributed by atoms with Gasteiger partial charge >= 0.3 is 0 Å². The van der Waals surface area contributed by atoms with Crippen LogP contribution in [0.3, 0.4) is 0 Å². The molecule has 0 aliphatic heterocycles. The number of amides is 1. The molecule has 4 nitrogen and oxygen atoms in total. The molecular weight excluding hydrogens is 264 g/mol. The molecular formula is C17H22N2O2. The maximum Gasteiger partial charge on any atom is 0.253 e. The minimum atomic E-state index is -0.200. The van der Waals surface area contributed by atoms with Gasteiger partial charge in [-0.1, -0.05) is 25.7 Å². The predicted octanol–water partition coefficient (Wildman–Crippen LogP) is 1.98. The number of nitrogens with zero attached hydrogens (tertiary/aromatic N) is 1. The lowest BCUT2D eigenvalue weighted by molar-refractivity contribution is 0.0911. The first-order valence-electron chi connectivity index (χ1n) is 7.44. The van der Waals surface area contributed by atoms with E-state index in [9.17, 15) is 4.79 Å². The fourth-order valence-corrected chi connectivity index (χ4v) is 3.11. The molecule has 21 heavy (non-hydrogen) atoms. The quantitative estimate of drug-likeness (QED) is 0.817. The molecule has 1 aromatic rings. The highest BCUT2D eigenvalue weighted by atomic mass is 16.2. The minimum absolute atomic E-state index is 0.0959. The molecule has 0 saturated heterocycles. The van der Waals surface area contributed by atoms with E-state index in [1.54, 1.807) is 18.5 Å². The third-order valence-corrected chi connectivity index (χ3v) is 3.83. The highest BCUT2D eigenvalue weighted by Gasteiger charge is 2.25. The van der Waals surface area contributed by atoms with E-state index in [0.29, 0.717) is 23.0 Å². The third kappa shape index (κ3) is 4.57. The highest BCUT2D eigenvalue weighted by Crippen LogP contribution is 2.28. The van der Waals surface area contributed by atoms with E-state index in [4.69, 9.17) is 5.11 Å². The number of hydrogen-bond acceptors (Lipinski definition) is 3. The molecule has 1 saturated carbocycles. The summed E-state index contributed by atoms with van der Waals surface area (Å²) in [7, 11) is 0. The van der Waals surface area contributed by atoms with Gasteiger partial charge in [-0.3, -0.25) is 9.78 Å². The number of carbonyl (C=O) groups is 1. The monoisotopic (exact) mass is 286 g/mol. The van der Waals surface area contributed by atoms with Crippen molar-refractivity contribution in [3.8, 4) is 11.8 Å². The van der Waals surface area contributed by atoms with Crippen LogP contribution >= 0.6 is 0 Å². The third-order valence-electron chi connectivity index (χ3n) is 3.83. The summed E-state index contributed by atoms with van der Waals surface area (Å²) in [5.41, 5.74) is 1.16. The van der Waals surface area contributed by atoms with Crippen LogP contribution in [-0.2, 0) is 0 Å². The van der Waals surface area contributed by atoms with Crippen molar-refractivity contribution in [2.45, 2.75) is 39.2 Å². The van der Waals surface area contributed by atoms with Gasteiger partial charge in [-0.25, -0.2) is 0 Å². The van der Waals surface area contributed by atoms with Crippen LogP contribution in [0.15, 0.2) is 18.5 Å². The van der Waals surface area contributed by atoms with Crippen molar-refractivity contribution in [2.24, 2.45) is 11.8 Å². The summed E-state index contributed by atoms with van der Waals surface area (Å²) in [6.45, 7) is 4.28. The molecule has 2 unspecified atom stereocenters. The number of pyridine rings is 1. The number of aliphatic hydroxyl groups is 1. The predicted molar refractivity (Wildman–Crippen MR) is 81.6 cm³/mol. The zero-order chi connectivity index (χ0) is 15.2. The van der Waals surface area contributed by atoms with Crippen molar-refractivity contribution in [1.82, 2.24) is 10.3 Å². The van der Waals surface area contributed by atoms with Crippen LogP contribution in [0.2, 0.25) is 0 Å². The Labute approximate surface area is 126 Å². The maximum absolute atomic E-state index is 12.3. The molecule has 1 aliphatic rings. The first-order chi connectivity index (χ1) is 10.1. The van der Waals surface area contributed by atoms with Crippen molar-refractivity contribution in [1.29, 1.82) is 0 Å². The minimum Gasteiger partial charge on any atom is -0.384 e. The molecule has 1 aliphatic carbocycles. The Morgan fingerprint density at radius 3 is 2.71 bits per heavy atom. The van der Waals surface area contributed by atoms with E-state index < -0.39 is 0 Å². The van der Waals surface area contributed by atoms with Gasteiger partial charge in [0.2, 0.25) is 0 Å². The average Bonchev–Trinajstić information content (AvgIpc) is 2.44. The Morgan fingerprint density at radius 1 is 1.33 bits per heavy atom. The van der Waals surface area contributed by atoms with Crippen LogP contribution in [-0.4, -0.2) is 28.6 Å². The molecule has 0 bridgehead atoms. The van der Waals surface area contributed by atoms with Crippen molar-refractivity contribution in [3.05, 3.63) is 29.6 Å². The van der Waals surface area contributed by atoms with Crippen LogP contribution in [0.5, 0.6) is 0 Å². The van der Waals surface area contributed by atoms with Crippen molar-refractivity contribution >= 4 is 5.91 Å². The van der Waals surface area contributed by atoms with Gasteiger partial charge in [-0.05, 0) is 37.2 Å². The Balaban J connectivity index is 2.03. The van der Waals surface area contributed by atoms with Crippen LogP contribution in [0, 0.1) is 23.7 Å². The SMILES string of the molecule is CC1CC(C)CC(NC(=O)c2cncc(C#CCO)c2)C1. The molecule has 4 heteroatoms. The highest BCUT2D eigenvalue weighted by molar-refractivity contribution is 5.94. The van der Waals surface area contributed by atoms with E-state index >= 15 is 0 Å². The van der Waals surface area contributed by atoms with Crippen LogP contribution in [0.25, 0.3) is 0 Å². The summed E-state index contributed by atoms with van der Waals surface area (Å²) >= 11 is 0. The fourth-order valence-electron chi connectivity index (χ4n) is 3.11. The molecule has 1 aromatic heterocycles. The van der Waals surface area contributed by atoms with Gasteiger partial charge in [0.25, 0.3) is 5.91 Å². The fraction of sp³-hybridized carbons (Fsp3) is 0.529. The Hall–Kier alpha value is -1.86. The zero-order valence-electron chi connectivity index (χ0n) is 12.6. The first kappa shape index (κ1) is 15.5. The van der Waals surface area contributed by atoms with Gasteiger partial charge in [0, 0.05) is 24.0 Å². The second kappa shape index (κ2) is 7.24. The summed E-state index contributed by atoms with van der Waals surface area (Å²) in [6, 6.07) is 1.95. The molecule has 2 N–H and O–H groups in total. The summed E-state index contributed by atoms with van der Waals surface area (Å²) in [5.74, 6) is 6.53. The second-order valence-corrected chi connectivity index (χ2v) is 6.01. The van der Waals surface area contributed by atoms with Gasteiger partial charge in [-0.2, -0.15) is 0 Å². The molecule has 1 amide bonds. The number of nitrogens with one attached hydrogen (secondary N) is 1. The molecule has 0 aromatic carbocycles. The summed E-state index contributed by atoms with van der Waals surface area (Å²) in [4.78, 5) is 16.3. The molecule has 2 rings (SSSR count). The molecule has 112 valence electrons. The summed E-state index contributed by atoms with van der Waals surface area (Å²) in [5, 5.41) is 11.8. The molecule has 1 fully saturated rings. The van der Waals surface area contributed by atoms with Crippen LogP contribution in [0.4, 0.5) is 0 Å². The average molecular weight is 286 g/mol. The molecule has 2 atom stereocenters. The Bertz CT molecular complexity index is 549. The number of aliphatic hydroxyl groups excluding tert-OH is 1. The lowest BCUT2D eigenvalue weighted by Crippen LogP contribution is -2.40. The zero-order valence-corrected chi connectivity index (χ0v) is 12.6. The number of hydrogen-bond donors (Lipinski definition) is 2. The van der Waals surface area contributed by atoms with Crippen molar-refractivity contribution < 1.29 is 9.90 Å². The maximum atomic E-state index is 12.3. The Kier molecular flexibility index (Phi) is 5.35. The van der Waals surface area contributed by atoms with Crippen LogP contribution in [0.1, 0.15) is 49.0 Å². The van der Waals surface area contributed by atoms with E-state index in [1.165, 1.54) is 6.42 Å². The van der Waals surface area contributed by atoms with Crippen LogP contribution < -0.4 is 5.32 Å². The van der Waals surface area contributed by atoms with Gasteiger partial charge in [0.15, 0.2) is 0 Å². The summed E-state index contributed by atoms with van der Waals surface area (Å²) in [6.07, 6.45) is 6.44. The van der Waals surface area contributed by atoms with Crippen molar-refractivity contribution in [3.63, 3.8) is 0 Å². The largest absolute Gasteiger partial charge is 0.384 e. The number of rotatable bonds is 2. The Morgan fingerprint density at radius 2 is 2.05 bits per heavy atom. The molecule has 1 heterocycles. The smallest absolute Gasteiger partial charge is 0.253 e. The second-order valence-electron chi connectivity index (χ2n) is 6.01. The topological polar surface area (TPSA) is 62.2 Å². The first-order valence-corrected chi connectivity index (χ1v) is 7.44. The van der Waals surface area contributed by atoms with E-state index in [1.807, 2.05) is 0 Å².